The predicted molar refractivity (Wildman–Crippen MR) is 94.2 cm³/mol. The second-order valence-corrected chi connectivity index (χ2v) is 5.86. The number of nitrogens with zero attached hydrogens (tertiary/aromatic N) is 2. The largest absolute Gasteiger partial charge is 0.478 e. The third-order valence-electron chi connectivity index (χ3n) is 4.15. The van der Waals surface area contributed by atoms with Gasteiger partial charge in [-0.15, -0.1) is 0 Å². The summed E-state index contributed by atoms with van der Waals surface area (Å²) in [5.41, 5.74) is 1.65. The highest BCUT2D eigenvalue weighted by atomic mass is 16.5. The molecule has 0 bridgehead atoms. The molecule has 25 heavy (non-hydrogen) atoms. The number of carbonyl (C=O) groups is 2. The summed E-state index contributed by atoms with van der Waals surface area (Å²) in [5.74, 6) is 0.0273. The zero-order valence-corrected chi connectivity index (χ0v) is 14.1. The number of nitrogens with one attached hydrogen (secondary N) is 1. The zero-order valence-electron chi connectivity index (χ0n) is 14.1. The van der Waals surface area contributed by atoms with Crippen LogP contribution < -0.4 is 15.0 Å². The Hall–Kier alpha value is -2.89. The van der Waals surface area contributed by atoms with Crippen molar-refractivity contribution in [2.75, 3.05) is 18.1 Å². The third kappa shape index (κ3) is 3.96. The number of aromatic nitrogens is 1. The summed E-state index contributed by atoms with van der Waals surface area (Å²) in [5, 5.41) is 2.89. The average molecular weight is 339 g/mol. The molecule has 1 fully saturated rings. The van der Waals surface area contributed by atoms with Gasteiger partial charge in [-0.3, -0.25) is 9.59 Å². The van der Waals surface area contributed by atoms with Gasteiger partial charge in [-0.25, -0.2) is 4.98 Å². The summed E-state index contributed by atoms with van der Waals surface area (Å²) in [4.78, 5) is 30.5. The van der Waals surface area contributed by atoms with Crippen LogP contribution >= 0.6 is 0 Å². The van der Waals surface area contributed by atoms with Crippen molar-refractivity contribution in [1.82, 2.24) is 10.3 Å². The molecule has 1 aromatic carbocycles. The van der Waals surface area contributed by atoms with E-state index in [0.717, 1.165) is 11.3 Å². The monoisotopic (exact) mass is 339 g/mol. The van der Waals surface area contributed by atoms with Gasteiger partial charge in [-0.05, 0) is 25.1 Å². The first-order valence-corrected chi connectivity index (χ1v) is 8.39. The highest BCUT2D eigenvalue weighted by Crippen LogP contribution is 2.25. The Labute approximate surface area is 146 Å². The van der Waals surface area contributed by atoms with Crippen LogP contribution in [0.2, 0.25) is 0 Å². The number of benzene rings is 1. The lowest BCUT2D eigenvalue weighted by Crippen LogP contribution is -2.32. The number of ether oxygens (including phenoxy) is 1. The first kappa shape index (κ1) is 17.0. The van der Waals surface area contributed by atoms with Crippen LogP contribution in [0.15, 0.2) is 48.7 Å². The lowest BCUT2D eigenvalue weighted by molar-refractivity contribution is -0.126. The maximum absolute atomic E-state index is 12.5. The Morgan fingerprint density at radius 3 is 2.84 bits per heavy atom. The van der Waals surface area contributed by atoms with E-state index in [4.69, 9.17) is 4.74 Å². The molecule has 0 saturated carbocycles. The number of pyridine rings is 1. The predicted octanol–water partition coefficient (Wildman–Crippen LogP) is 2.15. The topological polar surface area (TPSA) is 71.5 Å². The number of anilines is 1. The molecule has 130 valence electrons. The Morgan fingerprint density at radius 2 is 2.08 bits per heavy atom. The molecule has 2 amide bonds. The molecule has 2 aromatic rings. The fourth-order valence-electron chi connectivity index (χ4n) is 2.89. The quantitative estimate of drug-likeness (QED) is 0.875. The van der Waals surface area contributed by atoms with Crippen molar-refractivity contribution in [1.29, 1.82) is 0 Å². The highest BCUT2D eigenvalue weighted by molar-refractivity contribution is 6.00. The summed E-state index contributed by atoms with van der Waals surface area (Å²) in [6.07, 6.45) is 1.88. The van der Waals surface area contributed by atoms with E-state index in [-0.39, 0.29) is 24.2 Å². The lowest BCUT2D eigenvalue weighted by Gasteiger charge is -2.16. The van der Waals surface area contributed by atoms with Crippen LogP contribution in [-0.2, 0) is 16.1 Å². The van der Waals surface area contributed by atoms with Gasteiger partial charge >= 0.3 is 0 Å². The fourth-order valence-corrected chi connectivity index (χ4v) is 2.89. The lowest BCUT2D eigenvalue weighted by atomic mass is 10.1. The first-order chi connectivity index (χ1) is 12.2. The van der Waals surface area contributed by atoms with E-state index in [1.165, 1.54) is 0 Å². The van der Waals surface area contributed by atoms with Gasteiger partial charge in [0.2, 0.25) is 17.7 Å². The number of hydrogen-bond donors (Lipinski definition) is 1. The summed E-state index contributed by atoms with van der Waals surface area (Å²) in [6, 6.07) is 13.1. The van der Waals surface area contributed by atoms with Gasteiger partial charge in [0, 0.05) is 37.0 Å². The zero-order chi connectivity index (χ0) is 17.6. The number of amides is 2. The smallest absolute Gasteiger partial charge is 0.227 e. The summed E-state index contributed by atoms with van der Waals surface area (Å²) < 4.78 is 5.46. The van der Waals surface area contributed by atoms with Crippen LogP contribution in [0.3, 0.4) is 0 Å². The molecule has 2 heterocycles. The van der Waals surface area contributed by atoms with E-state index in [9.17, 15) is 9.59 Å². The van der Waals surface area contributed by atoms with Crippen LogP contribution in [0.1, 0.15) is 18.9 Å². The minimum Gasteiger partial charge on any atom is -0.478 e. The minimum absolute atomic E-state index is 0.0252. The van der Waals surface area contributed by atoms with Crippen molar-refractivity contribution in [3.05, 3.63) is 54.2 Å². The van der Waals surface area contributed by atoms with Crippen molar-refractivity contribution in [3.63, 3.8) is 0 Å². The molecule has 3 rings (SSSR count). The summed E-state index contributed by atoms with van der Waals surface area (Å²) in [6.45, 7) is 3.14. The average Bonchev–Trinajstić information content (AvgIpc) is 3.03. The van der Waals surface area contributed by atoms with E-state index >= 15 is 0 Å². The molecule has 1 aromatic heterocycles. The molecular weight excluding hydrogens is 318 g/mol. The van der Waals surface area contributed by atoms with E-state index in [0.29, 0.717) is 25.6 Å². The highest BCUT2D eigenvalue weighted by Gasteiger charge is 2.34. The third-order valence-corrected chi connectivity index (χ3v) is 4.15. The molecule has 6 heteroatoms. The Morgan fingerprint density at radius 1 is 1.28 bits per heavy atom. The van der Waals surface area contributed by atoms with Gasteiger partial charge in [-0.2, -0.15) is 0 Å². The van der Waals surface area contributed by atoms with Crippen molar-refractivity contribution in [2.45, 2.75) is 19.9 Å². The molecule has 0 radical (unpaired) electrons. The van der Waals surface area contributed by atoms with Gasteiger partial charge in [0.15, 0.2) is 0 Å². The Balaban J connectivity index is 1.60. The van der Waals surface area contributed by atoms with Gasteiger partial charge in [0.05, 0.1) is 12.5 Å². The van der Waals surface area contributed by atoms with Crippen LogP contribution in [-0.4, -0.2) is 29.9 Å². The molecule has 0 spiro atoms. The molecule has 6 nitrogen and oxygen atoms in total. The summed E-state index contributed by atoms with van der Waals surface area (Å²) in [7, 11) is 0. The van der Waals surface area contributed by atoms with Crippen LogP contribution in [0.5, 0.6) is 5.88 Å². The maximum atomic E-state index is 12.5. The van der Waals surface area contributed by atoms with E-state index < -0.39 is 0 Å². The van der Waals surface area contributed by atoms with Gasteiger partial charge in [0.25, 0.3) is 0 Å². The Bertz CT molecular complexity index is 749. The standard InChI is InChI=1S/C19H21N3O3/c1-2-25-19-14(7-6-10-20-19)12-21-18(24)15-11-17(23)22(13-15)16-8-4-3-5-9-16/h3-10,15H,2,11-13H2,1H3,(H,21,24). The summed E-state index contributed by atoms with van der Waals surface area (Å²) >= 11 is 0. The number of rotatable bonds is 6. The molecule has 1 aliphatic rings. The fraction of sp³-hybridized carbons (Fsp3) is 0.316. The van der Waals surface area contributed by atoms with E-state index in [1.807, 2.05) is 43.3 Å². The van der Waals surface area contributed by atoms with Crippen LogP contribution in [0.25, 0.3) is 0 Å². The van der Waals surface area contributed by atoms with Crippen LogP contribution in [0, 0.1) is 5.92 Å². The van der Waals surface area contributed by atoms with Gasteiger partial charge in [-0.1, -0.05) is 24.3 Å². The molecule has 1 N–H and O–H groups in total. The minimum atomic E-state index is -0.347. The number of hydrogen-bond acceptors (Lipinski definition) is 4. The first-order valence-electron chi connectivity index (χ1n) is 8.39. The van der Waals surface area contributed by atoms with Crippen molar-refractivity contribution >= 4 is 17.5 Å². The van der Waals surface area contributed by atoms with Crippen molar-refractivity contribution in [2.24, 2.45) is 5.92 Å². The maximum Gasteiger partial charge on any atom is 0.227 e. The molecule has 1 aliphatic heterocycles. The number of carbonyl (C=O) groups excluding carboxylic acids is 2. The molecule has 1 saturated heterocycles. The molecular formula is C19H21N3O3. The SMILES string of the molecule is CCOc1ncccc1CNC(=O)C1CC(=O)N(c2ccccc2)C1. The number of para-hydroxylation sites is 1. The van der Waals surface area contributed by atoms with Gasteiger partial charge in [0.1, 0.15) is 0 Å². The molecule has 1 atom stereocenters. The normalized spacial score (nSPS) is 16.8. The van der Waals surface area contributed by atoms with Gasteiger partial charge < -0.3 is 15.0 Å². The molecule has 1 unspecified atom stereocenters. The van der Waals surface area contributed by atoms with E-state index in [1.54, 1.807) is 17.2 Å². The second kappa shape index (κ2) is 7.79. The van der Waals surface area contributed by atoms with E-state index in [2.05, 4.69) is 10.3 Å². The van der Waals surface area contributed by atoms with Crippen molar-refractivity contribution < 1.29 is 14.3 Å². The molecule has 0 aliphatic carbocycles. The Kier molecular flexibility index (Phi) is 5.28. The second-order valence-electron chi connectivity index (χ2n) is 5.86. The van der Waals surface area contributed by atoms with Crippen molar-refractivity contribution in [3.8, 4) is 5.88 Å². The van der Waals surface area contributed by atoms with Crippen LogP contribution in [0.4, 0.5) is 5.69 Å².